The zero-order valence-electron chi connectivity index (χ0n) is 10.6. The number of hydrogen-bond donors (Lipinski definition) is 1. The normalized spacial score (nSPS) is 25.1. The summed E-state index contributed by atoms with van der Waals surface area (Å²) in [5.41, 5.74) is -1.53. The Labute approximate surface area is 101 Å². The predicted octanol–water partition coefficient (Wildman–Crippen LogP) is 3.89. The van der Waals surface area contributed by atoms with Crippen LogP contribution in [0, 0.1) is 11.8 Å². The van der Waals surface area contributed by atoms with Crippen molar-refractivity contribution in [1.29, 1.82) is 0 Å². The lowest BCUT2D eigenvalue weighted by Gasteiger charge is -2.28. The van der Waals surface area contributed by atoms with Crippen molar-refractivity contribution in [1.82, 2.24) is 5.32 Å². The summed E-state index contributed by atoms with van der Waals surface area (Å²) < 4.78 is 38.6. The molecule has 0 bridgehead atoms. The Morgan fingerprint density at radius 2 is 1.76 bits per heavy atom. The van der Waals surface area contributed by atoms with Crippen molar-refractivity contribution in [2.75, 3.05) is 0 Å². The van der Waals surface area contributed by atoms with E-state index in [0.717, 1.165) is 25.7 Å². The Balaban J connectivity index is 1.89. The van der Waals surface area contributed by atoms with E-state index < -0.39 is 11.7 Å². The average molecular weight is 249 g/mol. The molecular weight excluding hydrogens is 227 g/mol. The number of alkyl halides is 3. The van der Waals surface area contributed by atoms with Gasteiger partial charge in [-0.05, 0) is 50.4 Å². The van der Waals surface area contributed by atoms with E-state index in [1.807, 2.05) is 0 Å². The van der Waals surface area contributed by atoms with E-state index in [1.165, 1.54) is 0 Å². The van der Waals surface area contributed by atoms with Crippen molar-refractivity contribution in [3.05, 3.63) is 0 Å². The number of rotatable bonds is 6. The minimum Gasteiger partial charge on any atom is -0.301 e. The first-order valence-electron chi connectivity index (χ1n) is 6.68. The SMILES string of the molecule is CC(C)CCC(NC1(C(F)(F)F)CC1)C1CC1. The van der Waals surface area contributed by atoms with Gasteiger partial charge in [-0.15, -0.1) is 0 Å². The lowest BCUT2D eigenvalue weighted by Crippen LogP contribution is -2.50. The summed E-state index contributed by atoms with van der Waals surface area (Å²) in [4.78, 5) is 0. The first-order chi connectivity index (χ1) is 7.84. The van der Waals surface area contributed by atoms with Crippen molar-refractivity contribution < 1.29 is 13.2 Å². The van der Waals surface area contributed by atoms with Crippen LogP contribution in [0.15, 0.2) is 0 Å². The van der Waals surface area contributed by atoms with Gasteiger partial charge in [0.05, 0.1) is 0 Å². The van der Waals surface area contributed by atoms with E-state index in [1.54, 1.807) is 0 Å². The molecule has 2 saturated carbocycles. The second-order valence-corrected chi connectivity index (χ2v) is 6.14. The Hall–Kier alpha value is -0.250. The summed E-state index contributed by atoms with van der Waals surface area (Å²) in [7, 11) is 0. The highest BCUT2D eigenvalue weighted by Crippen LogP contribution is 2.50. The minimum atomic E-state index is -4.07. The van der Waals surface area contributed by atoms with Crippen LogP contribution in [0.25, 0.3) is 0 Å². The van der Waals surface area contributed by atoms with E-state index in [0.29, 0.717) is 11.8 Å². The van der Waals surface area contributed by atoms with Crippen molar-refractivity contribution in [2.24, 2.45) is 11.8 Å². The summed E-state index contributed by atoms with van der Waals surface area (Å²) in [5, 5.41) is 2.94. The number of nitrogens with one attached hydrogen (secondary N) is 1. The Bertz CT molecular complexity index is 264. The highest BCUT2D eigenvalue weighted by molar-refractivity contribution is 5.10. The largest absolute Gasteiger partial charge is 0.406 e. The molecule has 0 radical (unpaired) electrons. The van der Waals surface area contributed by atoms with Gasteiger partial charge < -0.3 is 5.32 Å². The lowest BCUT2D eigenvalue weighted by atomic mass is 9.99. The van der Waals surface area contributed by atoms with Gasteiger partial charge in [-0.3, -0.25) is 0 Å². The quantitative estimate of drug-likeness (QED) is 0.753. The van der Waals surface area contributed by atoms with Crippen LogP contribution in [0.1, 0.15) is 52.4 Å². The zero-order chi connectivity index (χ0) is 12.7. The maximum absolute atomic E-state index is 12.9. The van der Waals surface area contributed by atoms with Crippen molar-refractivity contribution in [2.45, 2.75) is 70.1 Å². The predicted molar refractivity (Wildman–Crippen MR) is 61.7 cm³/mol. The topological polar surface area (TPSA) is 12.0 Å². The smallest absolute Gasteiger partial charge is 0.301 e. The summed E-state index contributed by atoms with van der Waals surface area (Å²) >= 11 is 0. The molecule has 2 aliphatic carbocycles. The molecule has 0 heterocycles. The van der Waals surface area contributed by atoms with Crippen LogP contribution in [0.4, 0.5) is 13.2 Å². The fraction of sp³-hybridized carbons (Fsp3) is 1.00. The summed E-state index contributed by atoms with van der Waals surface area (Å²) in [5.74, 6) is 1.06. The van der Waals surface area contributed by atoms with E-state index >= 15 is 0 Å². The van der Waals surface area contributed by atoms with Crippen molar-refractivity contribution in [3.63, 3.8) is 0 Å². The summed E-state index contributed by atoms with van der Waals surface area (Å²) in [6.07, 6.45) is 0.566. The van der Waals surface area contributed by atoms with E-state index in [-0.39, 0.29) is 18.9 Å². The van der Waals surface area contributed by atoms with Crippen LogP contribution in [-0.2, 0) is 0 Å². The first-order valence-corrected chi connectivity index (χ1v) is 6.68. The van der Waals surface area contributed by atoms with E-state index in [4.69, 9.17) is 0 Å². The molecule has 0 spiro atoms. The Kier molecular flexibility index (Phi) is 3.45. The average Bonchev–Trinajstić information content (AvgIpc) is 3.02. The zero-order valence-corrected chi connectivity index (χ0v) is 10.6. The fourth-order valence-electron chi connectivity index (χ4n) is 2.43. The Morgan fingerprint density at radius 3 is 2.12 bits per heavy atom. The van der Waals surface area contributed by atoms with Crippen LogP contribution in [0.3, 0.4) is 0 Å². The second-order valence-electron chi connectivity index (χ2n) is 6.14. The van der Waals surface area contributed by atoms with Gasteiger partial charge in [-0.25, -0.2) is 0 Å². The summed E-state index contributed by atoms with van der Waals surface area (Å²) in [6, 6.07) is 0.0847. The molecule has 1 unspecified atom stereocenters. The van der Waals surface area contributed by atoms with Gasteiger partial charge in [0, 0.05) is 6.04 Å². The summed E-state index contributed by atoms with van der Waals surface area (Å²) in [6.45, 7) is 4.25. The molecule has 1 atom stereocenters. The molecule has 0 amide bonds. The van der Waals surface area contributed by atoms with Crippen molar-refractivity contribution in [3.8, 4) is 0 Å². The lowest BCUT2D eigenvalue weighted by molar-refractivity contribution is -0.168. The second kappa shape index (κ2) is 4.45. The van der Waals surface area contributed by atoms with Gasteiger partial charge in [0.2, 0.25) is 0 Å². The molecule has 2 aliphatic rings. The molecule has 1 nitrogen and oxygen atoms in total. The van der Waals surface area contributed by atoms with E-state index in [9.17, 15) is 13.2 Å². The van der Waals surface area contributed by atoms with E-state index in [2.05, 4.69) is 19.2 Å². The van der Waals surface area contributed by atoms with Gasteiger partial charge >= 0.3 is 6.18 Å². The standard InChI is InChI=1S/C13H22F3N/c1-9(2)3-6-11(10-4-5-10)17-12(7-8-12)13(14,15)16/h9-11,17H,3-8H2,1-2H3. The van der Waals surface area contributed by atoms with Gasteiger partial charge in [-0.1, -0.05) is 13.8 Å². The van der Waals surface area contributed by atoms with Gasteiger partial charge in [0.15, 0.2) is 0 Å². The molecule has 100 valence electrons. The molecule has 2 rings (SSSR count). The third-order valence-electron chi connectivity index (χ3n) is 4.00. The molecule has 1 N–H and O–H groups in total. The van der Waals surface area contributed by atoms with Gasteiger partial charge in [0.25, 0.3) is 0 Å². The van der Waals surface area contributed by atoms with Gasteiger partial charge in [0.1, 0.15) is 5.54 Å². The highest BCUT2D eigenvalue weighted by atomic mass is 19.4. The van der Waals surface area contributed by atoms with Crippen LogP contribution in [0.5, 0.6) is 0 Å². The molecule has 0 aromatic rings. The third kappa shape index (κ3) is 3.15. The fourth-order valence-corrected chi connectivity index (χ4v) is 2.43. The maximum Gasteiger partial charge on any atom is 0.406 e. The molecule has 0 aromatic heterocycles. The third-order valence-corrected chi connectivity index (χ3v) is 4.00. The minimum absolute atomic E-state index is 0.0847. The highest BCUT2D eigenvalue weighted by Gasteiger charge is 2.64. The molecule has 17 heavy (non-hydrogen) atoms. The van der Waals surface area contributed by atoms with Crippen LogP contribution < -0.4 is 5.32 Å². The molecule has 0 aromatic carbocycles. The first kappa shape index (κ1) is 13.2. The van der Waals surface area contributed by atoms with Gasteiger partial charge in [-0.2, -0.15) is 13.2 Å². The molecule has 2 fully saturated rings. The van der Waals surface area contributed by atoms with Crippen LogP contribution >= 0.6 is 0 Å². The van der Waals surface area contributed by atoms with Crippen LogP contribution in [0.2, 0.25) is 0 Å². The number of hydrogen-bond acceptors (Lipinski definition) is 1. The molecule has 0 saturated heterocycles. The molecular formula is C13H22F3N. The monoisotopic (exact) mass is 249 g/mol. The molecule has 0 aliphatic heterocycles. The van der Waals surface area contributed by atoms with Crippen LogP contribution in [-0.4, -0.2) is 17.8 Å². The van der Waals surface area contributed by atoms with Crippen molar-refractivity contribution >= 4 is 0 Å². The number of halogens is 3. The molecule has 4 heteroatoms. The maximum atomic E-state index is 12.9. The Morgan fingerprint density at radius 1 is 1.18 bits per heavy atom.